The number of hydrogen-bond acceptors (Lipinski definition) is 4. The highest BCUT2D eigenvalue weighted by Gasteiger charge is 2.15. The van der Waals surface area contributed by atoms with E-state index >= 15 is 0 Å². The number of carbonyl (C=O) groups excluding carboxylic acids is 2. The molecule has 2 N–H and O–H groups in total. The van der Waals surface area contributed by atoms with Crippen molar-refractivity contribution in [1.82, 2.24) is 5.32 Å². The second-order valence-electron chi connectivity index (χ2n) is 7.09. The van der Waals surface area contributed by atoms with Crippen LogP contribution in [0.3, 0.4) is 0 Å². The van der Waals surface area contributed by atoms with Gasteiger partial charge in [0.2, 0.25) is 5.91 Å². The Morgan fingerprint density at radius 2 is 1.56 bits per heavy atom. The van der Waals surface area contributed by atoms with Crippen molar-refractivity contribution in [3.05, 3.63) is 95.6 Å². The minimum Gasteiger partial charge on any atom is -0.493 e. The molecular weight excluding hydrogens is 404 g/mol. The summed E-state index contributed by atoms with van der Waals surface area (Å²) in [7, 11) is 3.12. The molecule has 0 aliphatic heterocycles. The van der Waals surface area contributed by atoms with E-state index in [0.29, 0.717) is 22.7 Å². The minimum absolute atomic E-state index is 0.169. The summed E-state index contributed by atoms with van der Waals surface area (Å²) in [6.07, 6.45) is 3.07. The lowest BCUT2D eigenvalue weighted by Gasteiger charge is -2.16. The average molecular weight is 431 g/mol. The number of rotatable bonds is 8. The molecule has 0 saturated heterocycles. The fourth-order valence-electron chi connectivity index (χ4n) is 3.19. The molecule has 1 atom stereocenters. The summed E-state index contributed by atoms with van der Waals surface area (Å²) < 4.78 is 10.5. The van der Waals surface area contributed by atoms with Gasteiger partial charge in [0, 0.05) is 6.08 Å². The van der Waals surface area contributed by atoms with E-state index in [1.54, 1.807) is 56.7 Å². The molecule has 1 unspecified atom stereocenters. The topological polar surface area (TPSA) is 76.7 Å². The van der Waals surface area contributed by atoms with Gasteiger partial charge in [-0.3, -0.25) is 9.59 Å². The standard InChI is InChI=1S/C26H26N2O4/c1-18(20-9-5-4-6-10-20)27-26(30)21-11-7-8-12-22(21)28-25(29)16-14-19-13-15-23(31-2)24(17-19)32-3/h4-18H,1-3H3,(H,27,30)(H,28,29)/b16-14+. The van der Waals surface area contributed by atoms with Crippen LogP contribution in [0.5, 0.6) is 11.5 Å². The van der Waals surface area contributed by atoms with Gasteiger partial charge in [0.15, 0.2) is 11.5 Å². The largest absolute Gasteiger partial charge is 0.493 e. The average Bonchev–Trinajstić information content (AvgIpc) is 2.83. The predicted molar refractivity (Wildman–Crippen MR) is 126 cm³/mol. The van der Waals surface area contributed by atoms with Crippen molar-refractivity contribution >= 4 is 23.6 Å². The number of hydrogen-bond donors (Lipinski definition) is 2. The maximum Gasteiger partial charge on any atom is 0.253 e. The molecule has 0 heterocycles. The summed E-state index contributed by atoms with van der Waals surface area (Å²) in [6, 6.07) is 21.8. The highest BCUT2D eigenvalue weighted by Crippen LogP contribution is 2.28. The Morgan fingerprint density at radius 1 is 0.875 bits per heavy atom. The predicted octanol–water partition coefficient (Wildman–Crippen LogP) is 4.85. The molecule has 3 rings (SSSR count). The summed E-state index contributed by atoms with van der Waals surface area (Å²) in [5, 5.41) is 5.76. The molecule has 0 aliphatic carbocycles. The van der Waals surface area contributed by atoms with Gasteiger partial charge in [-0.15, -0.1) is 0 Å². The van der Waals surface area contributed by atoms with Crippen LogP contribution in [-0.4, -0.2) is 26.0 Å². The van der Waals surface area contributed by atoms with Crippen LogP contribution in [0.2, 0.25) is 0 Å². The van der Waals surface area contributed by atoms with E-state index in [9.17, 15) is 9.59 Å². The number of para-hydroxylation sites is 1. The smallest absolute Gasteiger partial charge is 0.253 e. The molecule has 6 heteroatoms. The number of methoxy groups -OCH3 is 2. The lowest BCUT2D eigenvalue weighted by Crippen LogP contribution is -2.27. The quantitative estimate of drug-likeness (QED) is 0.501. The number of amides is 2. The van der Waals surface area contributed by atoms with Gasteiger partial charge in [0.05, 0.1) is 31.5 Å². The van der Waals surface area contributed by atoms with Crippen LogP contribution in [-0.2, 0) is 4.79 Å². The molecule has 32 heavy (non-hydrogen) atoms. The number of nitrogens with one attached hydrogen (secondary N) is 2. The van der Waals surface area contributed by atoms with E-state index in [-0.39, 0.29) is 17.9 Å². The first kappa shape index (κ1) is 22.6. The highest BCUT2D eigenvalue weighted by molar-refractivity contribution is 6.07. The fraction of sp³-hybridized carbons (Fsp3) is 0.154. The molecule has 6 nitrogen and oxygen atoms in total. The van der Waals surface area contributed by atoms with Gasteiger partial charge < -0.3 is 20.1 Å². The first-order valence-corrected chi connectivity index (χ1v) is 10.2. The Labute approximate surface area is 187 Å². The Bertz CT molecular complexity index is 1110. The van der Waals surface area contributed by atoms with Gasteiger partial charge in [-0.05, 0) is 48.4 Å². The molecule has 0 radical (unpaired) electrons. The maximum atomic E-state index is 12.8. The van der Waals surface area contributed by atoms with Crippen LogP contribution in [0.15, 0.2) is 78.9 Å². The zero-order chi connectivity index (χ0) is 22.9. The maximum absolute atomic E-state index is 12.8. The first-order valence-electron chi connectivity index (χ1n) is 10.2. The van der Waals surface area contributed by atoms with E-state index in [0.717, 1.165) is 11.1 Å². The number of ether oxygens (including phenoxy) is 2. The van der Waals surface area contributed by atoms with E-state index < -0.39 is 0 Å². The molecule has 0 bridgehead atoms. The SMILES string of the molecule is COc1ccc(/C=C/C(=O)Nc2ccccc2C(=O)NC(C)c2ccccc2)cc1OC. The number of anilines is 1. The van der Waals surface area contributed by atoms with Gasteiger partial charge in [0.1, 0.15) is 0 Å². The lowest BCUT2D eigenvalue weighted by atomic mass is 10.1. The van der Waals surface area contributed by atoms with Gasteiger partial charge in [-0.1, -0.05) is 48.5 Å². The molecule has 0 saturated carbocycles. The van der Waals surface area contributed by atoms with E-state index in [1.807, 2.05) is 43.3 Å². The molecule has 0 spiro atoms. The molecule has 164 valence electrons. The number of carbonyl (C=O) groups is 2. The summed E-state index contributed by atoms with van der Waals surface area (Å²) in [4.78, 5) is 25.3. The summed E-state index contributed by atoms with van der Waals surface area (Å²) in [6.45, 7) is 1.92. The third kappa shape index (κ3) is 5.76. The third-order valence-electron chi connectivity index (χ3n) is 4.91. The Balaban J connectivity index is 1.69. The van der Waals surface area contributed by atoms with Gasteiger partial charge in [-0.25, -0.2) is 0 Å². The van der Waals surface area contributed by atoms with Crippen molar-refractivity contribution in [3.63, 3.8) is 0 Å². The zero-order valence-electron chi connectivity index (χ0n) is 18.3. The van der Waals surface area contributed by atoms with Crippen molar-refractivity contribution in [2.24, 2.45) is 0 Å². The molecule has 2 amide bonds. The van der Waals surface area contributed by atoms with Crippen LogP contribution in [0.1, 0.15) is 34.5 Å². The molecule has 0 aliphatic rings. The molecule has 3 aromatic rings. The molecule has 0 fully saturated rings. The van der Waals surface area contributed by atoms with Gasteiger partial charge in [0.25, 0.3) is 5.91 Å². The zero-order valence-corrected chi connectivity index (χ0v) is 18.3. The van der Waals surface area contributed by atoms with E-state index in [2.05, 4.69) is 10.6 Å². The van der Waals surface area contributed by atoms with Crippen molar-refractivity contribution in [2.45, 2.75) is 13.0 Å². The minimum atomic E-state index is -0.351. The molecule has 3 aromatic carbocycles. The first-order chi connectivity index (χ1) is 15.5. The second kappa shape index (κ2) is 10.8. The summed E-state index contributed by atoms with van der Waals surface area (Å²) >= 11 is 0. The normalized spacial score (nSPS) is 11.6. The van der Waals surface area contributed by atoms with Crippen molar-refractivity contribution in [1.29, 1.82) is 0 Å². The van der Waals surface area contributed by atoms with Crippen molar-refractivity contribution in [3.8, 4) is 11.5 Å². The van der Waals surface area contributed by atoms with Crippen LogP contribution >= 0.6 is 0 Å². The van der Waals surface area contributed by atoms with Crippen molar-refractivity contribution < 1.29 is 19.1 Å². The highest BCUT2D eigenvalue weighted by atomic mass is 16.5. The van der Waals surface area contributed by atoms with E-state index in [4.69, 9.17) is 9.47 Å². The number of benzene rings is 3. The van der Waals surface area contributed by atoms with Gasteiger partial charge in [-0.2, -0.15) is 0 Å². The molecule has 0 aromatic heterocycles. The van der Waals surface area contributed by atoms with Crippen LogP contribution < -0.4 is 20.1 Å². The van der Waals surface area contributed by atoms with Crippen molar-refractivity contribution in [2.75, 3.05) is 19.5 Å². The summed E-state index contributed by atoms with van der Waals surface area (Å²) in [5.41, 5.74) is 2.61. The lowest BCUT2D eigenvalue weighted by molar-refractivity contribution is -0.111. The Morgan fingerprint density at radius 3 is 2.28 bits per heavy atom. The van der Waals surface area contributed by atoms with Gasteiger partial charge >= 0.3 is 0 Å². The van der Waals surface area contributed by atoms with E-state index in [1.165, 1.54) is 6.08 Å². The Hall–Kier alpha value is -4.06. The Kier molecular flexibility index (Phi) is 7.65. The molecular formula is C26H26N2O4. The third-order valence-corrected chi connectivity index (χ3v) is 4.91. The van der Waals surface area contributed by atoms with Crippen LogP contribution in [0.4, 0.5) is 5.69 Å². The van der Waals surface area contributed by atoms with Crippen LogP contribution in [0, 0.1) is 0 Å². The van der Waals surface area contributed by atoms with Crippen LogP contribution in [0.25, 0.3) is 6.08 Å². The second-order valence-corrected chi connectivity index (χ2v) is 7.09. The monoisotopic (exact) mass is 430 g/mol. The fourth-order valence-corrected chi connectivity index (χ4v) is 3.19. The summed E-state index contributed by atoms with van der Waals surface area (Å²) in [5.74, 6) is 0.570.